The number of benzene rings is 1. The third kappa shape index (κ3) is 4.12. The molecule has 1 aromatic rings. The third-order valence-corrected chi connectivity index (χ3v) is 1.67. The van der Waals surface area contributed by atoms with Gasteiger partial charge in [0.1, 0.15) is 6.54 Å². The van der Waals surface area contributed by atoms with Gasteiger partial charge in [-0.25, -0.2) is 5.53 Å². The van der Waals surface area contributed by atoms with Crippen LogP contribution in [-0.2, 0) is 9.59 Å². The maximum atomic E-state index is 11.3. The minimum atomic E-state index is -0.380. The van der Waals surface area contributed by atoms with Gasteiger partial charge in [0, 0.05) is 5.69 Å². The van der Waals surface area contributed by atoms with Crippen LogP contribution in [0, 0.1) is 5.53 Å². The number of para-hydroxylation sites is 1. The molecule has 0 saturated carbocycles. The first-order valence-corrected chi connectivity index (χ1v) is 4.42. The van der Waals surface area contributed by atoms with Crippen LogP contribution in [0.15, 0.2) is 35.4 Å². The monoisotopic (exact) mass is 205 g/mol. The molecule has 0 bridgehead atoms. The molecule has 0 fully saturated rings. The summed E-state index contributed by atoms with van der Waals surface area (Å²) in [6.45, 7) is -0.234. The van der Waals surface area contributed by atoms with E-state index in [0.717, 1.165) is 0 Å². The van der Waals surface area contributed by atoms with E-state index in [4.69, 9.17) is 5.53 Å². The fourth-order valence-electron chi connectivity index (χ4n) is 1.05. The number of Topliss-reactive ketones (excluding diaryl/α,β-unsaturated/α-hetero) is 1. The van der Waals surface area contributed by atoms with Gasteiger partial charge < -0.3 is 5.32 Å². The lowest BCUT2D eigenvalue weighted by molar-refractivity contribution is -0.124. The first-order valence-electron chi connectivity index (χ1n) is 4.42. The zero-order valence-corrected chi connectivity index (χ0v) is 8.06. The topological polar surface area (TPSA) is 82.4 Å². The van der Waals surface area contributed by atoms with Gasteiger partial charge in [0.05, 0.1) is 6.42 Å². The van der Waals surface area contributed by atoms with Crippen molar-refractivity contribution in [2.75, 3.05) is 11.9 Å². The number of amides is 1. The summed E-state index contributed by atoms with van der Waals surface area (Å²) in [6, 6.07) is 8.88. The molecule has 2 N–H and O–H groups in total. The molecule has 0 spiro atoms. The Morgan fingerprint density at radius 3 is 2.53 bits per heavy atom. The molecule has 1 aromatic carbocycles. The predicted octanol–water partition coefficient (Wildman–Crippen LogP) is 1.62. The largest absolute Gasteiger partial charge is 0.326 e. The van der Waals surface area contributed by atoms with Crippen molar-refractivity contribution in [2.24, 2.45) is 5.11 Å². The molecule has 0 saturated heterocycles. The van der Waals surface area contributed by atoms with Gasteiger partial charge in [0.25, 0.3) is 0 Å². The van der Waals surface area contributed by atoms with Crippen LogP contribution in [0.4, 0.5) is 5.69 Å². The number of ketones is 1. The summed E-state index contributed by atoms with van der Waals surface area (Å²) in [4.78, 5) is 22.2. The fraction of sp³-hybridized carbons (Fsp3) is 0.200. The van der Waals surface area contributed by atoms with Crippen LogP contribution < -0.4 is 5.32 Å². The van der Waals surface area contributed by atoms with E-state index in [1.807, 2.05) is 6.07 Å². The van der Waals surface area contributed by atoms with E-state index in [1.165, 1.54) is 0 Å². The summed E-state index contributed by atoms with van der Waals surface area (Å²) >= 11 is 0. The van der Waals surface area contributed by atoms with E-state index in [9.17, 15) is 9.59 Å². The molecule has 0 unspecified atom stereocenters. The Hall–Kier alpha value is -2.04. The lowest BCUT2D eigenvalue weighted by Crippen LogP contribution is -2.17. The van der Waals surface area contributed by atoms with E-state index in [2.05, 4.69) is 10.4 Å². The standard InChI is InChI=1S/C10H11N3O2/c11-12-7-9(14)6-10(15)13-8-4-2-1-3-5-8/h1-5,11H,6-7H2,(H,13,15). The van der Waals surface area contributed by atoms with Crippen LogP contribution in [0.2, 0.25) is 0 Å². The molecule has 0 atom stereocenters. The second kappa shape index (κ2) is 5.64. The Balaban J connectivity index is 2.43. The second-order valence-corrected chi connectivity index (χ2v) is 2.95. The number of hydrogen-bond acceptors (Lipinski definition) is 4. The molecular weight excluding hydrogens is 194 g/mol. The number of anilines is 1. The van der Waals surface area contributed by atoms with Crippen molar-refractivity contribution in [3.8, 4) is 0 Å². The van der Waals surface area contributed by atoms with Crippen molar-refractivity contribution in [1.29, 1.82) is 5.53 Å². The molecule has 0 aliphatic heterocycles. The van der Waals surface area contributed by atoms with Crippen LogP contribution in [-0.4, -0.2) is 18.2 Å². The molecule has 5 nitrogen and oxygen atoms in total. The summed E-state index contributed by atoms with van der Waals surface area (Å²) in [5.41, 5.74) is 7.12. The molecule has 0 heterocycles. The zero-order chi connectivity index (χ0) is 11.1. The van der Waals surface area contributed by atoms with Gasteiger partial charge in [-0.2, -0.15) is 5.11 Å². The molecule has 0 aromatic heterocycles. The molecule has 15 heavy (non-hydrogen) atoms. The normalized spacial score (nSPS) is 9.33. The quantitative estimate of drug-likeness (QED) is 0.565. The Morgan fingerprint density at radius 2 is 1.93 bits per heavy atom. The van der Waals surface area contributed by atoms with Gasteiger partial charge in [-0.3, -0.25) is 9.59 Å². The minimum absolute atomic E-state index is 0.234. The number of carbonyl (C=O) groups is 2. The summed E-state index contributed by atoms with van der Waals surface area (Å²) in [5.74, 6) is -0.742. The number of nitrogens with zero attached hydrogens (tertiary/aromatic N) is 1. The zero-order valence-electron chi connectivity index (χ0n) is 8.06. The highest BCUT2D eigenvalue weighted by Crippen LogP contribution is 2.05. The van der Waals surface area contributed by atoms with Gasteiger partial charge >= 0.3 is 0 Å². The van der Waals surface area contributed by atoms with Crippen LogP contribution >= 0.6 is 0 Å². The number of nitrogens with one attached hydrogen (secondary N) is 2. The van der Waals surface area contributed by atoms with Crippen LogP contribution in [0.25, 0.3) is 0 Å². The van der Waals surface area contributed by atoms with Gasteiger partial charge in [-0.15, -0.1) is 0 Å². The molecule has 0 aliphatic carbocycles. The van der Waals surface area contributed by atoms with Crippen molar-refractivity contribution < 1.29 is 9.59 Å². The molecule has 1 amide bonds. The summed E-state index contributed by atoms with van der Waals surface area (Å²) in [6.07, 6.45) is -0.239. The van der Waals surface area contributed by atoms with E-state index >= 15 is 0 Å². The van der Waals surface area contributed by atoms with Crippen molar-refractivity contribution in [3.05, 3.63) is 30.3 Å². The minimum Gasteiger partial charge on any atom is -0.326 e. The molecule has 5 heteroatoms. The molecule has 0 radical (unpaired) electrons. The van der Waals surface area contributed by atoms with E-state index in [1.54, 1.807) is 24.3 Å². The summed E-state index contributed by atoms with van der Waals surface area (Å²) in [7, 11) is 0. The molecular formula is C10H11N3O2. The second-order valence-electron chi connectivity index (χ2n) is 2.95. The maximum absolute atomic E-state index is 11.3. The van der Waals surface area contributed by atoms with Crippen LogP contribution in [0.3, 0.4) is 0 Å². The Kier molecular flexibility index (Phi) is 4.15. The number of rotatable bonds is 5. The maximum Gasteiger partial charge on any atom is 0.231 e. The lowest BCUT2D eigenvalue weighted by atomic mass is 10.2. The highest BCUT2D eigenvalue weighted by molar-refractivity contribution is 6.04. The van der Waals surface area contributed by atoms with Crippen molar-refractivity contribution >= 4 is 17.4 Å². The smallest absolute Gasteiger partial charge is 0.231 e. The molecule has 1 rings (SSSR count). The van der Waals surface area contributed by atoms with Crippen molar-refractivity contribution in [1.82, 2.24) is 0 Å². The Labute approximate surface area is 87.0 Å². The summed E-state index contributed by atoms with van der Waals surface area (Å²) in [5, 5.41) is 5.48. The average Bonchev–Trinajstić information content (AvgIpc) is 2.19. The lowest BCUT2D eigenvalue weighted by Gasteiger charge is -2.02. The fourth-order valence-corrected chi connectivity index (χ4v) is 1.05. The van der Waals surface area contributed by atoms with Gasteiger partial charge in [0.15, 0.2) is 5.78 Å². The van der Waals surface area contributed by atoms with Gasteiger partial charge in [0.2, 0.25) is 5.91 Å². The SMILES string of the molecule is N=NCC(=O)CC(=O)Nc1ccccc1. The average molecular weight is 205 g/mol. The third-order valence-electron chi connectivity index (χ3n) is 1.67. The van der Waals surface area contributed by atoms with E-state index < -0.39 is 0 Å². The highest BCUT2D eigenvalue weighted by atomic mass is 16.2. The molecule has 78 valence electrons. The Bertz CT molecular complexity index is 362. The van der Waals surface area contributed by atoms with Crippen LogP contribution in [0.1, 0.15) is 6.42 Å². The predicted molar refractivity (Wildman–Crippen MR) is 54.7 cm³/mol. The Morgan fingerprint density at radius 1 is 1.27 bits per heavy atom. The molecule has 0 aliphatic rings. The van der Waals surface area contributed by atoms with Crippen LogP contribution in [0.5, 0.6) is 0 Å². The van der Waals surface area contributed by atoms with Gasteiger partial charge in [-0.05, 0) is 12.1 Å². The number of carbonyl (C=O) groups excluding carboxylic acids is 2. The summed E-state index contributed by atoms with van der Waals surface area (Å²) < 4.78 is 0. The first-order chi connectivity index (χ1) is 7.22. The van der Waals surface area contributed by atoms with Crippen molar-refractivity contribution in [3.63, 3.8) is 0 Å². The first kappa shape index (κ1) is 11.0. The van der Waals surface area contributed by atoms with Crippen molar-refractivity contribution in [2.45, 2.75) is 6.42 Å². The van der Waals surface area contributed by atoms with E-state index in [-0.39, 0.29) is 24.7 Å². The van der Waals surface area contributed by atoms with Gasteiger partial charge in [-0.1, -0.05) is 18.2 Å². The highest BCUT2D eigenvalue weighted by Gasteiger charge is 2.08. The van der Waals surface area contributed by atoms with E-state index in [0.29, 0.717) is 5.69 Å². The number of hydrogen-bond donors (Lipinski definition) is 2.